The monoisotopic (exact) mass is 444 g/mol. The molecule has 0 unspecified atom stereocenters. The molecule has 0 saturated carbocycles. The van der Waals surface area contributed by atoms with Crippen molar-refractivity contribution in [3.05, 3.63) is 47.8 Å². The first kappa shape index (κ1) is 20.2. The van der Waals surface area contributed by atoms with Gasteiger partial charge in [0, 0.05) is 37.9 Å². The van der Waals surface area contributed by atoms with Crippen molar-refractivity contribution in [2.75, 3.05) is 36.0 Å². The van der Waals surface area contributed by atoms with Gasteiger partial charge in [0.05, 0.1) is 5.69 Å². The largest absolute Gasteiger partial charge is 0.453 e. The molecule has 13 heteroatoms. The Kier molecular flexibility index (Phi) is 4.68. The first-order chi connectivity index (χ1) is 15.3. The molecule has 4 aromatic rings. The Labute approximate surface area is 180 Å². The number of nitrogens with zero attached hydrogens (tertiary/aromatic N) is 10. The van der Waals surface area contributed by atoms with Crippen LogP contribution in [0.1, 0.15) is 17.2 Å². The van der Waals surface area contributed by atoms with Crippen LogP contribution in [0.2, 0.25) is 0 Å². The lowest BCUT2D eigenvalue weighted by molar-refractivity contribution is -0.146. The first-order valence-corrected chi connectivity index (χ1v) is 9.95. The number of piperazine rings is 1. The molecule has 1 fully saturated rings. The number of fused-ring (bicyclic) bond motifs is 1. The molecule has 0 radical (unpaired) electrons. The molecule has 1 aliphatic heterocycles. The van der Waals surface area contributed by atoms with E-state index in [9.17, 15) is 13.2 Å². The van der Waals surface area contributed by atoms with E-state index in [0.29, 0.717) is 37.8 Å². The third-order valence-corrected chi connectivity index (χ3v) is 5.29. The van der Waals surface area contributed by atoms with Crippen LogP contribution in [0, 0.1) is 13.8 Å². The normalized spacial score (nSPS) is 15.0. The molecule has 4 aromatic heterocycles. The van der Waals surface area contributed by atoms with Gasteiger partial charge in [0.25, 0.3) is 5.82 Å². The number of anilines is 2. The Balaban J connectivity index is 1.34. The summed E-state index contributed by atoms with van der Waals surface area (Å²) in [6.07, 6.45) is -3.12. The van der Waals surface area contributed by atoms with Gasteiger partial charge in [-0.2, -0.15) is 22.8 Å². The second-order valence-corrected chi connectivity index (χ2v) is 7.53. The highest BCUT2D eigenvalue weighted by Crippen LogP contribution is 2.28. The SMILES string of the molecule is Cc1cc(C)n(-c2cc(N3CCN(c4ccc5nnc(C(F)(F)F)n5n4)CC3)ncn2)n1. The number of hydrogen-bond acceptors (Lipinski definition) is 8. The van der Waals surface area contributed by atoms with Gasteiger partial charge in [-0.3, -0.25) is 0 Å². The molecule has 5 rings (SSSR count). The Morgan fingerprint density at radius 3 is 2.16 bits per heavy atom. The fourth-order valence-corrected chi connectivity index (χ4v) is 3.78. The molecular formula is C19H19F3N10. The van der Waals surface area contributed by atoms with E-state index in [1.54, 1.807) is 10.7 Å². The Bertz CT molecular complexity index is 1270. The van der Waals surface area contributed by atoms with E-state index in [1.807, 2.05) is 30.9 Å². The van der Waals surface area contributed by atoms with Gasteiger partial charge in [0.2, 0.25) is 0 Å². The minimum atomic E-state index is -4.63. The van der Waals surface area contributed by atoms with Crippen molar-refractivity contribution in [2.24, 2.45) is 0 Å². The lowest BCUT2D eigenvalue weighted by Gasteiger charge is -2.35. The van der Waals surface area contributed by atoms with Crippen LogP contribution in [0.4, 0.5) is 24.8 Å². The maximum Gasteiger partial charge on any atom is 0.453 e. The van der Waals surface area contributed by atoms with Gasteiger partial charge in [0.1, 0.15) is 18.0 Å². The first-order valence-electron chi connectivity index (χ1n) is 9.95. The van der Waals surface area contributed by atoms with Crippen molar-refractivity contribution < 1.29 is 13.2 Å². The maximum absolute atomic E-state index is 13.1. The summed E-state index contributed by atoms with van der Waals surface area (Å²) in [5.74, 6) is 0.755. The molecule has 1 saturated heterocycles. The van der Waals surface area contributed by atoms with Gasteiger partial charge in [-0.05, 0) is 32.0 Å². The van der Waals surface area contributed by atoms with Crippen molar-refractivity contribution in [1.82, 2.24) is 39.6 Å². The molecule has 10 nitrogen and oxygen atoms in total. The quantitative estimate of drug-likeness (QED) is 0.474. The van der Waals surface area contributed by atoms with Crippen LogP contribution in [0.15, 0.2) is 30.6 Å². The van der Waals surface area contributed by atoms with Gasteiger partial charge in [-0.1, -0.05) is 0 Å². The van der Waals surface area contributed by atoms with E-state index in [-0.39, 0.29) is 5.65 Å². The predicted octanol–water partition coefficient (Wildman–Crippen LogP) is 2.06. The third-order valence-electron chi connectivity index (χ3n) is 5.29. The molecule has 0 amide bonds. The summed E-state index contributed by atoms with van der Waals surface area (Å²) in [6.45, 7) is 6.28. The van der Waals surface area contributed by atoms with Crippen LogP contribution in [0.25, 0.3) is 11.5 Å². The van der Waals surface area contributed by atoms with E-state index in [4.69, 9.17) is 0 Å². The highest BCUT2D eigenvalue weighted by atomic mass is 19.4. The lowest BCUT2D eigenvalue weighted by Crippen LogP contribution is -2.47. The number of aryl methyl sites for hydroxylation is 2. The van der Waals surface area contributed by atoms with Gasteiger partial charge in [-0.15, -0.1) is 15.3 Å². The topological polar surface area (TPSA) is 93.2 Å². The lowest BCUT2D eigenvalue weighted by atomic mass is 10.3. The second kappa shape index (κ2) is 7.43. The van der Waals surface area contributed by atoms with E-state index in [0.717, 1.165) is 21.7 Å². The Morgan fingerprint density at radius 2 is 1.50 bits per heavy atom. The van der Waals surface area contributed by atoms with Crippen LogP contribution in [-0.2, 0) is 6.18 Å². The second-order valence-electron chi connectivity index (χ2n) is 7.53. The molecule has 0 aliphatic carbocycles. The molecule has 0 aromatic carbocycles. The van der Waals surface area contributed by atoms with Crippen molar-refractivity contribution in [3.63, 3.8) is 0 Å². The van der Waals surface area contributed by atoms with Crippen LogP contribution in [0.5, 0.6) is 0 Å². The summed E-state index contributed by atoms with van der Waals surface area (Å²) in [6, 6.07) is 7.00. The summed E-state index contributed by atoms with van der Waals surface area (Å²) >= 11 is 0. The number of halogens is 3. The molecule has 166 valence electrons. The number of rotatable bonds is 3. The molecule has 0 spiro atoms. The molecule has 0 atom stereocenters. The van der Waals surface area contributed by atoms with E-state index in [2.05, 4.69) is 35.3 Å². The maximum atomic E-state index is 13.1. The fourth-order valence-electron chi connectivity index (χ4n) is 3.78. The summed E-state index contributed by atoms with van der Waals surface area (Å²) in [4.78, 5) is 12.8. The zero-order valence-electron chi connectivity index (χ0n) is 17.3. The van der Waals surface area contributed by atoms with Crippen LogP contribution >= 0.6 is 0 Å². The van der Waals surface area contributed by atoms with Crippen molar-refractivity contribution in [1.29, 1.82) is 0 Å². The van der Waals surface area contributed by atoms with Crippen LogP contribution in [-0.4, -0.2) is 65.7 Å². The summed E-state index contributed by atoms with van der Waals surface area (Å²) in [5.41, 5.74) is 1.94. The summed E-state index contributed by atoms with van der Waals surface area (Å²) in [5, 5.41) is 15.4. The fraction of sp³-hybridized carbons (Fsp3) is 0.368. The predicted molar refractivity (Wildman–Crippen MR) is 109 cm³/mol. The molecule has 32 heavy (non-hydrogen) atoms. The number of hydrogen-bond donors (Lipinski definition) is 0. The zero-order chi connectivity index (χ0) is 22.5. The van der Waals surface area contributed by atoms with E-state index < -0.39 is 12.0 Å². The van der Waals surface area contributed by atoms with Gasteiger partial charge in [0.15, 0.2) is 11.5 Å². The average Bonchev–Trinajstić information content (AvgIpc) is 3.36. The summed E-state index contributed by atoms with van der Waals surface area (Å²) in [7, 11) is 0. The third kappa shape index (κ3) is 3.59. The smallest absolute Gasteiger partial charge is 0.353 e. The highest BCUT2D eigenvalue weighted by molar-refractivity contribution is 5.49. The minimum Gasteiger partial charge on any atom is -0.353 e. The summed E-state index contributed by atoms with van der Waals surface area (Å²) < 4.78 is 41.9. The van der Waals surface area contributed by atoms with Gasteiger partial charge >= 0.3 is 6.18 Å². The van der Waals surface area contributed by atoms with Crippen LogP contribution in [0.3, 0.4) is 0 Å². The molecule has 0 bridgehead atoms. The number of alkyl halides is 3. The Hall–Kier alpha value is -3.77. The van der Waals surface area contributed by atoms with Crippen molar-refractivity contribution >= 4 is 17.3 Å². The molecule has 1 aliphatic rings. The van der Waals surface area contributed by atoms with Crippen molar-refractivity contribution in [3.8, 4) is 5.82 Å². The standard InChI is InChI=1S/C19H19F3N10/c1-12-9-13(2)31(27-12)17-10-16(23-11-24-17)30-7-5-29(6-8-30)15-4-3-14-25-26-18(19(20,21)22)32(14)28-15/h3-4,9-11H,5-8H2,1-2H3. The minimum absolute atomic E-state index is 0.0531. The van der Waals surface area contributed by atoms with E-state index >= 15 is 0 Å². The van der Waals surface area contributed by atoms with E-state index in [1.165, 1.54) is 12.4 Å². The van der Waals surface area contributed by atoms with Gasteiger partial charge in [-0.25, -0.2) is 14.6 Å². The van der Waals surface area contributed by atoms with Crippen LogP contribution < -0.4 is 9.80 Å². The molecule has 5 heterocycles. The van der Waals surface area contributed by atoms with Crippen molar-refractivity contribution in [2.45, 2.75) is 20.0 Å². The highest BCUT2D eigenvalue weighted by Gasteiger charge is 2.38. The molecule has 0 N–H and O–H groups in total. The Morgan fingerprint density at radius 1 is 0.812 bits per heavy atom. The zero-order valence-corrected chi connectivity index (χ0v) is 17.3. The molecular weight excluding hydrogens is 425 g/mol. The number of aromatic nitrogens is 8. The average molecular weight is 444 g/mol. The van der Waals surface area contributed by atoms with Gasteiger partial charge < -0.3 is 9.80 Å².